The van der Waals surface area contributed by atoms with Gasteiger partial charge in [-0.3, -0.25) is 9.48 Å². The van der Waals surface area contributed by atoms with Crippen LogP contribution in [0.2, 0.25) is 0 Å². The monoisotopic (exact) mass is 280 g/mol. The highest BCUT2D eigenvalue weighted by molar-refractivity contribution is 5.88. The van der Waals surface area contributed by atoms with Crippen molar-refractivity contribution in [2.45, 2.75) is 71.9 Å². The van der Waals surface area contributed by atoms with Crippen molar-refractivity contribution in [3.05, 3.63) is 18.0 Å². The number of rotatable bonds is 9. The second-order valence-electron chi connectivity index (χ2n) is 5.28. The Morgan fingerprint density at radius 3 is 2.50 bits per heavy atom. The van der Waals surface area contributed by atoms with Gasteiger partial charge in [0.2, 0.25) is 0 Å². The van der Waals surface area contributed by atoms with Crippen LogP contribution in [-0.2, 0) is 16.0 Å². The average molecular weight is 280 g/mol. The Morgan fingerprint density at radius 2 is 2.00 bits per heavy atom. The lowest BCUT2D eigenvalue weighted by atomic mass is 9.89. The van der Waals surface area contributed by atoms with Gasteiger partial charge in [0.25, 0.3) is 0 Å². The highest BCUT2D eigenvalue weighted by Crippen LogP contribution is 2.23. The van der Waals surface area contributed by atoms with Crippen LogP contribution in [0.3, 0.4) is 0 Å². The minimum absolute atomic E-state index is 0.138. The van der Waals surface area contributed by atoms with E-state index in [2.05, 4.69) is 18.9 Å². The maximum Gasteiger partial charge on any atom is 0.170 e. The van der Waals surface area contributed by atoms with Crippen molar-refractivity contribution in [1.82, 2.24) is 9.78 Å². The molecular weight excluding hydrogens is 252 g/mol. The SMILES string of the molecule is CCOC(CC)(CC)C(=O)Cc1ccn(C(C)CC)n1. The largest absolute Gasteiger partial charge is 0.368 e. The number of hydrogen-bond acceptors (Lipinski definition) is 3. The summed E-state index contributed by atoms with van der Waals surface area (Å²) in [5.41, 5.74) is 0.191. The molecule has 4 heteroatoms. The summed E-state index contributed by atoms with van der Waals surface area (Å²) in [7, 11) is 0. The summed E-state index contributed by atoms with van der Waals surface area (Å²) in [5.74, 6) is 0.138. The molecule has 0 saturated carbocycles. The molecule has 1 heterocycles. The molecule has 1 aromatic rings. The average Bonchev–Trinajstić information content (AvgIpc) is 2.92. The predicted molar refractivity (Wildman–Crippen MR) is 80.9 cm³/mol. The van der Waals surface area contributed by atoms with Crippen molar-refractivity contribution in [1.29, 1.82) is 0 Å². The lowest BCUT2D eigenvalue weighted by Gasteiger charge is -2.29. The normalized spacial score (nSPS) is 13.4. The van der Waals surface area contributed by atoms with Gasteiger partial charge in [0.15, 0.2) is 5.78 Å². The van der Waals surface area contributed by atoms with Crippen LogP contribution in [0, 0.1) is 0 Å². The van der Waals surface area contributed by atoms with Crippen LogP contribution in [-0.4, -0.2) is 27.8 Å². The van der Waals surface area contributed by atoms with Crippen molar-refractivity contribution in [2.75, 3.05) is 6.61 Å². The van der Waals surface area contributed by atoms with E-state index >= 15 is 0 Å². The molecule has 1 rings (SSSR count). The fourth-order valence-corrected chi connectivity index (χ4v) is 2.44. The molecule has 0 radical (unpaired) electrons. The second kappa shape index (κ2) is 7.58. The summed E-state index contributed by atoms with van der Waals surface area (Å²) < 4.78 is 7.69. The fourth-order valence-electron chi connectivity index (χ4n) is 2.44. The van der Waals surface area contributed by atoms with Gasteiger partial charge in [0.1, 0.15) is 5.60 Å². The van der Waals surface area contributed by atoms with Gasteiger partial charge in [-0.2, -0.15) is 5.10 Å². The summed E-state index contributed by atoms with van der Waals surface area (Å²) in [6.45, 7) is 10.8. The van der Waals surface area contributed by atoms with Crippen LogP contribution < -0.4 is 0 Å². The highest BCUT2D eigenvalue weighted by atomic mass is 16.5. The molecule has 0 aliphatic rings. The van der Waals surface area contributed by atoms with Gasteiger partial charge in [-0.25, -0.2) is 0 Å². The third-order valence-corrected chi connectivity index (χ3v) is 4.12. The third kappa shape index (κ3) is 3.69. The van der Waals surface area contributed by atoms with E-state index in [1.54, 1.807) is 0 Å². The Bertz CT molecular complexity index is 422. The molecule has 0 fully saturated rings. The first-order valence-electron chi connectivity index (χ1n) is 7.74. The van der Waals surface area contributed by atoms with Gasteiger partial charge in [-0.1, -0.05) is 20.8 Å². The lowest BCUT2D eigenvalue weighted by Crippen LogP contribution is -2.41. The molecule has 0 N–H and O–H groups in total. The molecule has 4 nitrogen and oxygen atoms in total. The van der Waals surface area contributed by atoms with E-state index in [1.165, 1.54) is 0 Å². The lowest BCUT2D eigenvalue weighted by molar-refractivity contribution is -0.144. The maximum atomic E-state index is 12.6. The smallest absolute Gasteiger partial charge is 0.170 e. The standard InChI is InChI=1S/C16H28N2O2/c1-6-13(5)18-11-10-14(17-18)12-15(19)16(7-2,8-3)20-9-4/h10-11,13H,6-9,12H2,1-5H3. The summed E-state index contributed by atoms with van der Waals surface area (Å²) in [4.78, 5) is 12.6. The Hall–Kier alpha value is -1.16. The van der Waals surface area contributed by atoms with Crippen molar-refractivity contribution in [3.63, 3.8) is 0 Å². The van der Waals surface area contributed by atoms with Crippen molar-refractivity contribution < 1.29 is 9.53 Å². The van der Waals surface area contributed by atoms with E-state index in [0.29, 0.717) is 31.9 Å². The molecule has 1 aromatic heterocycles. The molecule has 0 spiro atoms. The quantitative estimate of drug-likeness (QED) is 0.694. The Kier molecular flexibility index (Phi) is 6.40. The molecule has 0 saturated heterocycles. The van der Waals surface area contributed by atoms with Gasteiger partial charge in [0.05, 0.1) is 12.1 Å². The zero-order valence-corrected chi connectivity index (χ0v) is 13.5. The van der Waals surface area contributed by atoms with Gasteiger partial charge in [0, 0.05) is 18.8 Å². The van der Waals surface area contributed by atoms with Gasteiger partial charge < -0.3 is 4.74 Å². The molecule has 0 aliphatic heterocycles. The molecular formula is C16H28N2O2. The van der Waals surface area contributed by atoms with E-state index in [4.69, 9.17) is 4.74 Å². The number of hydrogen-bond donors (Lipinski definition) is 0. The van der Waals surface area contributed by atoms with Gasteiger partial charge >= 0.3 is 0 Å². The van der Waals surface area contributed by atoms with E-state index in [-0.39, 0.29) is 5.78 Å². The maximum absolute atomic E-state index is 12.6. The number of aromatic nitrogens is 2. The number of carbonyl (C=O) groups excluding carboxylic acids is 1. The first-order chi connectivity index (χ1) is 9.52. The van der Waals surface area contributed by atoms with Crippen molar-refractivity contribution in [2.24, 2.45) is 0 Å². The van der Waals surface area contributed by atoms with E-state index in [9.17, 15) is 4.79 Å². The van der Waals surface area contributed by atoms with E-state index in [1.807, 2.05) is 37.7 Å². The third-order valence-electron chi connectivity index (χ3n) is 4.12. The molecule has 1 unspecified atom stereocenters. The van der Waals surface area contributed by atoms with E-state index in [0.717, 1.165) is 12.1 Å². The number of carbonyl (C=O) groups is 1. The number of Topliss-reactive ketones (excluding diaryl/α,β-unsaturated/α-hetero) is 1. The summed E-state index contributed by atoms with van der Waals surface area (Å²) in [6.07, 6.45) is 4.76. The van der Waals surface area contributed by atoms with Crippen molar-refractivity contribution in [3.8, 4) is 0 Å². The first-order valence-corrected chi connectivity index (χ1v) is 7.74. The molecule has 1 atom stereocenters. The van der Waals surface area contributed by atoms with Crippen LogP contribution in [0.15, 0.2) is 12.3 Å². The fraction of sp³-hybridized carbons (Fsp3) is 0.750. The Balaban J connectivity index is 2.80. The van der Waals surface area contributed by atoms with Crippen LogP contribution in [0.25, 0.3) is 0 Å². The number of ether oxygens (including phenoxy) is 1. The first kappa shape index (κ1) is 16.9. The van der Waals surface area contributed by atoms with Gasteiger partial charge in [-0.15, -0.1) is 0 Å². The molecule has 20 heavy (non-hydrogen) atoms. The topological polar surface area (TPSA) is 44.1 Å². The second-order valence-corrected chi connectivity index (χ2v) is 5.28. The van der Waals surface area contributed by atoms with Crippen LogP contribution in [0.4, 0.5) is 0 Å². The Labute approximate surface area is 122 Å². The number of ketones is 1. The summed E-state index contributed by atoms with van der Waals surface area (Å²) >= 11 is 0. The zero-order valence-electron chi connectivity index (χ0n) is 13.5. The predicted octanol–water partition coefficient (Wildman–Crippen LogP) is 3.56. The molecule has 0 bridgehead atoms. The molecule has 0 aromatic carbocycles. The number of nitrogens with zero attached hydrogens (tertiary/aromatic N) is 2. The zero-order chi connectivity index (χ0) is 15.2. The van der Waals surface area contributed by atoms with Crippen LogP contribution >= 0.6 is 0 Å². The van der Waals surface area contributed by atoms with Crippen LogP contribution in [0.5, 0.6) is 0 Å². The highest BCUT2D eigenvalue weighted by Gasteiger charge is 2.35. The molecule has 114 valence electrons. The van der Waals surface area contributed by atoms with Crippen molar-refractivity contribution >= 4 is 5.78 Å². The van der Waals surface area contributed by atoms with Crippen LogP contribution in [0.1, 0.15) is 65.6 Å². The summed E-state index contributed by atoms with van der Waals surface area (Å²) in [5, 5.41) is 4.50. The molecule has 0 aliphatic carbocycles. The van der Waals surface area contributed by atoms with Gasteiger partial charge in [-0.05, 0) is 39.2 Å². The summed E-state index contributed by atoms with van der Waals surface area (Å²) in [6, 6.07) is 2.30. The van der Waals surface area contributed by atoms with E-state index < -0.39 is 5.60 Å². The minimum Gasteiger partial charge on any atom is -0.368 e. The Morgan fingerprint density at radius 1 is 1.35 bits per heavy atom. The minimum atomic E-state index is -0.644. The molecule has 0 amide bonds.